The third-order valence-electron chi connectivity index (χ3n) is 5.31. The number of ether oxygens (including phenoxy) is 2. The standard InChI is InChI=1S/C26H20ClF3N2O5S/c1-3-36-24-13-26(33)32(2)14-19(24)18-12-17(31-38(34,35)25-9-4-15(27)10-21(25)30)6-8-22(18)37-23-7-5-16(28)11-20(23)29/h4-14,31H,3H2,1-2H3. The summed E-state index contributed by atoms with van der Waals surface area (Å²) in [6.45, 7) is 1.91. The minimum atomic E-state index is -4.39. The molecule has 1 aromatic heterocycles. The molecule has 0 aliphatic carbocycles. The number of benzene rings is 3. The molecule has 1 N–H and O–H groups in total. The van der Waals surface area contributed by atoms with Crippen LogP contribution in [-0.4, -0.2) is 19.6 Å². The molecular weight excluding hydrogens is 545 g/mol. The van der Waals surface area contributed by atoms with Gasteiger partial charge in [-0.2, -0.15) is 0 Å². The van der Waals surface area contributed by atoms with Crippen molar-refractivity contribution in [2.24, 2.45) is 7.05 Å². The molecule has 3 aromatic carbocycles. The molecule has 0 spiro atoms. The molecule has 0 amide bonds. The molecule has 12 heteroatoms. The van der Waals surface area contributed by atoms with Crippen molar-refractivity contribution in [2.45, 2.75) is 11.8 Å². The molecule has 0 fully saturated rings. The van der Waals surface area contributed by atoms with Crippen molar-refractivity contribution in [3.63, 3.8) is 0 Å². The van der Waals surface area contributed by atoms with Gasteiger partial charge in [-0.05, 0) is 55.5 Å². The summed E-state index contributed by atoms with van der Waals surface area (Å²) in [5.41, 5.74) is 0.131. The predicted octanol–water partition coefficient (Wildman–Crippen LogP) is 6.11. The maximum atomic E-state index is 14.4. The van der Waals surface area contributed by atoms with Crippen LogP contribution in [0.2, 0.25) is 5.02 Å². The van der Waals surface area contributed by atoms with Crippen LogP contribution in [0.25, 0.3) is 11.1 Å². The Labute approximate surface area is 221 Å². The monoisotopic (exact) mass is 564 g/mol. The lowest BCUT2D eigenvalue weighted by molar-refractivity contribution is 0.340. The fourth-order valence-electron chi connectivity index (χ4n) is 3.56. The van der Waals surface area contributed by atoms with Crippen molar-refractivity contribution >= 4 is 27.3 Å². The van der Waals surface area contributed by atoms with Crippen LogP contribution in [0.5, 0.6) is 17.2 Å². The van der Waals surface area contributed by atoms with Gasteiger partial charge in [0.1, 0.15) is 28.0 Å². The highest BCUT2D eigenvalue weighted by atomic mass is 35.5. The Hall–Kier alpha value is -3.96. The Morgan fingerprint density at radius 3 is 2.32 bits per heavy atom. The van der Waals surface area contributed by atoms with E-state index in [2.05, 4.69) is 4.72 Å². The van der Waals surface area contributed by atoms with E-state index < -0.39 is 32.4 Å². The molecule has 1 heterocycles. The zero-order valence-corrected chi connectivity index (χ0v) is 21.5. The number of aromatic nitrogens is 1. The summed E-state index contributed by atoms with van der Waals surface area (Å²) in [6, 6.07) is 11.1. The Morgan fingerprint density at radius 2 is 1.63 bits per heavy atom. The number of hydrogen-bond donors (Lipinski definition) is 1. The number of anilines is 1. The van der Waals surface area contributed by atoms with Gasteiger partial charge in [0.05, 0.1) is 6.61 Å². The topological polar surface area (TPSA) is 86.6 Å². The van der Waals surface area contributed by atoms with Gasteiger partial charge < -0.3 is 14.0 Å². The summed E-state index contributed by atoms with van der Waals surface area (Å²) in [5.74, 6) is -2.92. The summed E-state index contributed by atoms with van der Waals surface area (Å²) in [4.78, 5) is 11.6. The van der Waals surface area contributed by atoms with Crippen molar-refractivity contribution < 1.29 is 31.1 Å². The second-order valence-electron chi connectivity index (χ2n) is 8.00. The minimum absolute atomic E-state index is 0.00224. The number of nitrogens with zero attached hydrogens (tertiary/aromatic N) is 1. The molecule has 0 saturated heterocycles. The average molecular weight is 565 g/mol. The fourth-order valence-corrected chi connectivity index (χ4v) is 4.83. The van der Waals surface area contributed by atoms with Crippen molar-refractivity contribution in [3.8, 4) is 28.4 Å². The maximum absolute atomic E-state index is 14.4. The Bertz CT molecular complexity index is 1690. The van der Waals surface area contributed by atoms with Gasteiger partial charge in [-0.25, -0.2) is 21.6 Å². The van der Waals surface area contributed by atoms with Crippen LogP contribution in [0.4, 0.5) is 18.9 Å². The Balaban J connectivity index is 1.86. The molecule has 0 aliphatic rings. The molecule has 38 heavy (non-hydrogen) atoms. The highest BCUT2D eigenvalue weighted by molar-refractivity contribution is 7.92. The Kier molecular flexibility index (Phi) is 7.70. The molecule has 0 unspecified atom stereocenters. The van der Waals surface area contributed by atoms with E-state index in [0.29, 0.717) is 11.6 Å². The number of hydrogen-bond acceptors (Lipinski definition) is 5. The van der Waals surface area contributed by atoms with Gasteiger partial charge in [-0.1, -0.05) is 11.6 Å². The summed E-state index contributed by atoms with van der Waals surface area (Å²) < 4.78 is 82.9. The first-order valence-corrected chi connectivity index (χ1v) is 12.9. The first-order valence-electron chi connectivity index (χ1n) is 11.1. The van der Waals surface area contributed by atoms with E-state index in [9.17, 15) is 26.4 Å². The van der Waals surface area contributed by atoms with E-state index in [1.807, 2.05) is 0 Å². The van der Waals surface area contributed by atoms with Gasteiger partial charge in [0.15, 0.2) is 11.6 Å². The molecule has 198 valence electrons. The largest absolute Gasteiger partial charge is 0.493 e. The normalized spacial score (nSPS) is 11.3. The van der Waals surface area contributed by atoms with Crippen LogP contribution in [0.1, 0.15) is 6.92 Å². The molecule has 0 radical (unpaired) electrons. The number of halogens is 4. The van der Waals surface area contributed by atoms with Crippen molar-refractivity contribution in [2.75, 3.05) is 11.3 Å². The Morgan fingerprint density at radius 1 is 0.895 bits per heavy atom. The highest BCUT2D eigenvalue weighted by Gasteiger charge is 2.22. The minimum Gasteiger partial charge on any atom is -0.493 e. The molecule has 4 rings (SSSR count). The van der Waals surface area contributed by atoms with E-state index >= 15 is 0 Å². The van der Waals surface area contributed by atoms with Gasteiger partial charge in [-0.15, -0.1) is 0 Å². The summed E-state index contributed by atoms with van der Waals surface area (Å²) >= 11 is 5.73. The SMILES string of the molecule is CCOc1cc(=O)n(C)cc1-c1cc(NS(=O)(=O)c2ccc(Cl)cc2F)ccc1Oc1ccc(F)cc1F. The van der Waals surface area contributed by atoms with Gasteiger partial charge >= 0.3 is 0 Å². The number of sulfonamides is 1. The maximum Gasteiger partial charge on any atom is 0.264 e. The first-order chi connectivity index (χ1) is 18.0. The lowest BCUT2D eigenvalue weighted by atomic mass is 10.0. The number of pyridine rings is 1. The number of aryl methyl sites for hydroxylation is 1. The summed E-state index contributed by atoms with van der Waals surface area (Å²) in [7, 11) is -2.89. The van der Waals surface area contributed by atoms with Crippen LogP contribution in [0, 0.1) is 17.5 Å². The summed E-state index contributed by atoms with van der Waals surface area (Å²) in [6.07, 6.45) is 1.44. The second-order valence-corrected chi connectivity index (χ2v) is 10.1. The second kappa shape index (κ2) is 10.8. The average Bonchev–Trinajstić information content (AvgIpc) is 2.83. The van der Waals surface area contributed by atoms with Gasteiger partial charge in [0, 0.05) is 47.2 Å². The molecule has 4 aromatic rings. The number of rotatable bonds is 8. The molecule has 0 atom stereocenters. The third kappa shape index (κ3) is 5.79. The van der Waals surface area contributed by atoms with Crippen molar-refractivity contribution in [1.29, 1.82) is 0 Å². The first kappa shape index (κ1) is 27.1. The zero-order valence-electron chi connectivity index (χ0n) is 20.0. The van der Waals surface area contributed by atoms with Gasteiger partial charge in [-0.3, -0.25) is 9.52 Å². The zero-order chi connectivity index (χ0) is 27.6. The van der Waals surface area contributed by atoms with Crippen LogP contribution < -0.4 is 19.8 Å². The van der Waals surface area contributed by atoms with Crippen LogP contribution in [-0.2, 0) is 17.1 Å². The lowest BCUT2D eigenvalue weighted by Gasteiger charge is -2.18. The quantitative estimate of drug-likeness (QED) is 0.279. The van der Waals surface area contributed by atoms with E-state index in [-0.39, 0.29) is 45.7 Å². The van der Waals surface area contributed by atoms with Gasteiger partial charge in [0.2, 0.25) is 0 Å². The van der Waals surface area contributed by atoms with Crippen molar-refractivity contribution in [1.82, 2.24) is 4.57 Å². The third-order valence-corrected chi connectivity index (χ3v) is 6.96. The predicted molar refractivity (Wildman–Crippen MR) is 137 cm³/mol. The van der Waals surface area contributed by atoms with E-state index in [0.717, 1.165) is 24.3 Å². The molecular formula is C26H20ClF3N2O5S. The van der Waals surface area contributed by atoms with Crippen LogP contribution in [0.3, 0.4) is 0 Å². The van der Waals surface area contributed by atoms with Crippen LogP contribution >= 0.6 is 11.6 Å². The highest BCUT2D eigenvalue weighted by Crippen LogP contribution is 2.40. The fraction of sp³-hybridized carbons (Fsp3) is 0.115. The number of nitrogens with one attached hydrogen (secondary N) is 1. The lowest BCUT2D eigenvalue weighted by Crippen LogP contribution is -2.16. The van der Waals surface area contributed by atoms with Crippen molar-refractivity contribution in [3.05, 3.63) is 99.7 Å². The smallest absolute Gasteiger partial charge is 0.264 e. The van der Waals surface area contributed by atoms with Crippen LogP contribution in [0.15, 0.2) is 76.6 Å². The summed E-state index contributed by atoms with van der Waals surface area (Å²) in [5, 5.41) is 0.0245. The molecule has 0 aliphatic heterocycles. The van der Waals surface area contributed by atoms with E-state index in [4.69, 9.17) is 21.1 Å². The van der Waals surface area contributed by atoms with E-state index in [1.165, 1.54) is 48.1 Å². The van der Waals surface area contributed by atoms with Gasteiger partial charge in [0.25, 0.3) is 15.6 Å². The van der Waals surface area contributed by atoms with E-state index in [1.54, 1.807) is 6.92 Å². The molecule has 7 nitrogen and oxygen atoms in total. The molecule has 0 saturated carbocycles. The molecule has 0 bridgehead atoms.